The van der Waals surface area contributed by atoms with Crippen molar-refractivity contribution in [3.63, 3.8) is 0 Å². The average Bonchev–Trinajstić information content (AvgIpc) is 3.10. The molecule has 8 heteroatoms. The van der Waals surface area contributed by atoms with Crippen molar-refractivity contribution in [1.29, 1.82) is 0 Å². The summed E-state index contributed by atoms with van der Waals surface area (Å²) < 4.78 is 11.3. The van der Waals surface area contributed by atoms with Crippen molar-refractivity contribution in [3.05, 3.63) is 59.4 Å². The number of pyridine rings is 1. The summed E-state index contributed by atoms with van der Waals surface area (Å²) in [6, 6.07) is 7.85. The number of aromatic nitrogens is 1. The van der Waals surface area contributed by atoms with E-state index < -0.39 is 17.7 Å². The summed E-state index contributed by atoms with van der Waals surface area (Å²) in [6.45, 7) is 11.3. The third kappa shape index (κ3) is 5.22. The van der Waals surface area contributed by atoms with Crippen molar-refractivity contribution < 1.29 is 24.2 Å². The summed E-state index contributed by atoms with van der Waals surface area (Å²) in [5, 5.41) is 11.4. The summed E-state index contributed by atoms with van der Waals surface area (Å²) in [6.07, 6.45) is 3.25. The van der Waals surface area contributed by atoms with Crippen LogP contribution < -0.4 is 9.47 Å². The van der Waals surface area contributed by atoms with Crippen molar-refractivity contribution in [2.24, 2.45) is 0 Å². The number of likely N-dealkylation sites (tertiary alicyclic amines) is 1. The van der Waals surface area contributed by atoms with Gasteiger partial charge in [-0.25, -0.2) is 0 Å². The Morgan fingerprint density at radius 3 is 2.44 bits per heavy atom. The first kappa shape index (κ1) is 25.2. The van der Waals surface area contributed by atoms with Gasteiger partial charge in [-0.1, -0.05) is 19.9 Å². The molecule has 2 heterocycles. The fourth-order valence-corrected chi connectivity index (χ4v) is 4.16. The number of aliphatic hydroxyl groups is 1. The van der Waals surface area contributed by atoms with Crippen LogP contribution in [0.2, 0.25) is 0 Å². The number of ketones is 1. The SMILES string of the molecule is CCOc1ccc(/C(O)=C2/C(=O)C(=O)N(CCN(CC)CC)C2c2cccnc2)c(OCC)c1. The van der Waals surface area contributed by atoms with Gasteiger partial charge in [-0.3, -0.25) is 14.6 Å². The van der Waals surface area contributed by atoms with Crippen LogP contribution in [0.25, 0.3) is 5.76 Å². The third-order valence-corrected chi connectivity index (χ3v) is 5.91. The lowest BCUT2D eigenvalue weighted by Gasteiger charge is -2.28. The Kier molecular flexibility index (Phi) is 8.65. The quantitative estimate of drug-likeness (QED) is 0.306. The maximum atomic E-state index is 13.2. The van der Waals surface area contributed by atoms with Crippen LogP contribution in [0.3, 0.4) is 0 Å². The molecule has 1 atom stereocenters. The van der Waals surface area contributed by atoms with Gasteiger partial charge in [-0.15, -0.1) is 0 Å². The summed E-state index contributed by atoms with van der Waals surface area (Å²) in [5.41, 5.74) is 1.02. The van der Waals surface area contributed by atoms with Gasteiger partial charge in [0.25, 0.3) is 11.7 Å². The second-order valence-electron chi connectivity index (χ2n) is 7.83. The van der Waals surface area contributed by atoms with Crippen molar-refractivity contribution >= 4 is 17.4 Å². The van der Waals surface area contributed by atoms with E-state index in [1.54, 1.807) is 36.7 Å². The number of amides is 1. The van der Waals surface area contributed by atoms with Gasteiger partial charge in [0, 0.05) is 31.5 Å². The molecule has 2 aromatic rings. The Bertz CT molecular complexity index is 1030. The van der Waals surface area contributed by atoms with E-state index in [-0.39, 0.29) is 11.3 Å². The molecular formula is C26H33N3O5. The van der Waals surface area contributed by atoms with Gasteiger partial charge in [0.1, 0.15) is 17.3 Å². The second-order valence-corrected chi connectivity index (χ2v) is 7.83. The Morgan fingerprint density at radius 2 is 1.82 bits per heavy atom. The maximum absolute atomic E-state index is 13.2. The van der Waals surface area contributed by atoms with Gasteiger partial charge >= 0.3 is 0 Å². The molecule has 0 radical (unpaired) electrons. The molecule has 0 aliphatic carbocycles. The molecular weight excluding hydrogens is 434 g/mol. The van der Waals surface area contributed by atoms with E-state index in [0.29, 0.717) is 48.9 Å². The first-order chi connectivity index (χ1) is 16.5. The molecule has 1 aliphatic heterocycles. The zero-order chi connectivity index (χ0) is 24.7. The summed E-state index contributed by atoms with van der Waals surface area (Å²) >= 11 is 0. The Morgan fingerprint density at radius 1 is 1.09 bits per heavy atom. The van der Waals surface area contributed by atoms with Gasteiger partial charge in [-0.05, 0) is 50.7 Å². The number of likely N-dealkylation sites (N-methyl/N-ethyl adjacent to an activating group) is 1. The highest BCUT2D eigenvalue weighted by Crippen LogP contribution is 2.41. The zero-order valence-electron chi connectivity index (χ0n) is 20.3. The predicted octanol–water partition coefficient (Wildman–Crippen LogP) is 3.64. The summed E-state index contributed by atoms with van der Waals surface area (Å²) in [7, 11) is 0. The first-order valence-electron chi connectivity index (χ1n) is 11.8. The minimum atomic E-state index is -0.745. The van der Waals surface area contributed by atoms with Crippen LogP contribution in [-0.4, -0.2) is 71.0 Å². The van der Waals surface area contributed by atoms with Crippen LogP contribution >= 0.6 is 0 Å². The van der Waals surface area contributed by atoms with Crippen LogP contribution in [0, 0.1) is 0 Å². The van der Waals surface area contributed by atoms with E-state index in [2.05, 4.69) is 23.7 Å². The fourth-order valence-electron chi connectivity index (χ4n) is 4.16. The lowest BCUT2D eigenvalue weighted by molar-refractivity contribution is -0.140. The number of ether oxygens (including phenoxy) is 2. The molecule has 0 saturated carbocycles. The predicted molar refractivity (Wildman–Crippen MR) is 130 cm³/mol. The average molecular weight is 468 g/mol. The smallest absolute Gasteiger partial charge is 0.295 e. The molecule has 1 N–H and O–H groups in total. The molecule has 8 nitrogen and oxygen atoms in total. The van der Waals surface area contributed by atoms with Crippen LogP contribution in [0.1, 0.15) is 44.9 Å². The number of aliphatic hydroxyl groups excluding tert-OH is 1. The normalized spacial score (nSPS) is 17.4. The second kappa shape index (κ2) is 11.7. The molecule has 1 aliphatic rings. The molecule has 1 aromatic heterocycles. The molecule has 1 aromatic carbocycles. The number of Topliss-reactive ketones (excluding diaryl/α,β-unsaturated/α-hetero) is 1. The van der Waals surface area contributed by atoms with Crippen LogP contribution in [0.4, 0.5) is 0 Å². The van der Waals surface area contributed by atoms with E-state index in [1.807, 2.05) is 19.9 Å². The zero-order valence-corrected chi connectivity index (χ0v) is 20.3. The number of hydrogen-bond acceptors (Lipinski definition) is 7. The standard InChI is InChI=1S/C26H33N3O5/c1-5-28(6-2)14-15-29-23(18-10-9-13-27-17-18)22(25(31)26(29)32)24(30)20-12-11-19(33-7-3)16-21(20)34-8-4/h9-13,16-17,23,30H,5-8,14-15H2,1-4H3/b24-22-. The van der Waals surface area contributed by atoms with E-state index >= 15 is 0 Å². The highest BCUT2D eigenvalue weighted by Gasteiger charge is 2.46. The molecule has 1 fully saturated rings. The fraction of sp³-hybridized carbons (Fsp3) is 0.423. The van der Waals surface area contributed by atoms with Crippen LogP contribution in [0.15, 0.2) is 48.3 Å². The van der Waals surface area contributed by atoms with Gasteiger partial charge in [0.05, 0.1) is 30.4 Å². The monoisotopic (exact) mass is 467 g/mol. The van der Waals surface area contributed by atoms with Gasteiger partial charge in [0.15, 0.2) is 0 Å². The number of carbonyl (C=O) groups excluding carboxylic acids is 2. The van der Waals surface area contributed by atoms with E-state index in [4.69, 9.17) is 9.47 Å². The highest BCUT2D eigenvalue weighted by atomic mass is 16.5. The van der Waals surface area contributed by atoms with Crippen molar-refractivity contribution in [3.8, 4) is 11.5 Å². The molecule has 1 unspecified atom stereocenters. The van der Waals surface area contributed by atoms with Crippen molar-refractivity contribution in [2.75, 3.05) is 39.4 Å². The minimum Gasteiger partial charge on any atom is -0.507 e. The number of nitrogens with zero attached hydrogens (tertiary/aromatic N) is 3. The van der Waals surface area contributed by atoms with E-state index in [0.717, 1.165) is 13.1 Å². The third-order valence-electron chi connectivity index (χ3n) is 5.91. The van der Waals surface area contributed by atoms with Gasteiger partial charge < -0.3 is 24.4 Å². The number of carbonyl (C=O) groups is 2. The molecule has 0 bridgehead atoms. The topological polar surface area (TPSA) is 92.2 Å². The summed E-state index contributed by atoms with van der Waals surface area (Å²) in [4.78, 5) is 34.2. The lowest BCUT2D eigenvalue weighted by Crippen LogP contribution is -2.38. The Hall–Kier alpha value is -3.39. The van der Waals surface area contributed by atoms with Crippen molar-refractivity contribution in [1.82, 2.24) is 14.8 Å². The highest BCUT2D eigenvalue weighted by molar-refractivity contribution is 6.46. The molecule has 0 spiro atoms. The molecule has 182 valence electrons. The largest absolute Gasteiger partial charge is 0.507 e. The van der Waals surface area contributed by atoms with E-state index in [1.165, 1.54) is 4.90 Å². The van der Waals surface area contributed by atoms with Gasteiger partial charge in [-0.2, -0.15) is 0 Å². The lowest BCUT2D eigenvalue weighted by atomic mass is 9.96. The number of hydrogen-bond donors (Lipinski definition) is 1. The molecule has 1 amide bonds. The summed E-state index contributed by atoms with van der Waals surface area (Å²) in [5.74, 6) is -0.658. The molecule has 1 saturated heterocycles. The Labute approximate surface area is 200 Å². The minimum absolute atomic E-state index is 0.0302. The Balaban J connectivity index is 2.12. The van der Waals surface area contributed by atoms with Crippen LogP contribution in [0.5, 0.6) is 11.5 Å². The van der Waals surface area contributed by atoms with E-state index in [9.17, 15) is 14.7 Å². The van der Waals surface area contributed by atoms with Crippen molar-refractivity contribution in [2.45, 2.75) is 33.7 Å². The van der Waals surface area contributed by atoms with Crippen LogP contribution in [-0.2, 0) is 9.59 Å². The number of benzene rings is 1. The molecule has 3 rings (SSSR count). The van der Waals surface area contributed by atoms with Gasteiger partial charge in [0.2, 0.25) is 0 Å². The first-order valence-corrected chi connectivity index (χ1v) is 11.8. The maximum Gasteiger partial charge on any atom is 0.295 e. The number of rotatable bonds is 11. The molecule has 34 heavy (non-hydrogen) atoms.